The fourth-order valence-electron chi connectivity index (χ4n) is 5.67. The minimum atomic E-state index is -0.227. The molecule has 1 aromatic carbocycles. The van der Waals surface area contributed by atoms with Crippen LogP contribution >= 0.6 is 0 Å². The highest BCUT2D eigenvalue weighted by Gasteiger charge is 2.41. The van der Waals surface area contributed by atoms with E-state index in [4.69, 9.17) is 15.2 Å². The maximum Gasteiger partial charge on any atom is 0.306 e. The fourth-order valence-corrected chi connectivity index (χ4v) is 5.67. The fraction of sp³-hybridized carbons (Fsp3) is 0.720. The summed E-state index contributed by atoms with van der Waals surface area (Å²) in [6.45, 7) is 6.58. The molecule has 2 heterocycles. The molecule has 2 fully saturated rings. The molecule has 2 saturated heterocycles. The predicted octanol–water partition coefficient (Wildman–Crippen LogP) is 3.58. The first kappa shape index (κ1) is 21.8. The van der Waals surface area contributed by atoms with E-state index in [-0.39, 0.29) is 17.6 Å². The highest BCUT2D eigenvalue weighted by molar-refractivity contribution is 5.69. The number of nitrogens with two attached hydrogens (primary N) is 1. The van der Waals surface area contributed by atoms with E-state index in [1.54, 1.807) is 11.1 Å². The largest absolute Gasteiger partial charge is 0.460 e. The molecular formula is C25H38N2O3. The van der Waals surface area contributed by atoms with Crippen LogP contribution in [0.3, 0.4) is 0 Å². The Bertz CT molecular complexity index is 723. The van der Waals surface area contributed by atoms with E-state index >= 15 is 0 Å². The number of hydrogen-bond donors (Lipinski definition) is 1. The van der Waals surface area contributed by atoms with Crippen molar-refractivity contribution >= 4 is 5.97 Å². The van der Waals surface area contributed by atoms with Crippen molar-refractivity contribution in [2.75, 3.05) is 32.8 Å². The summed E-state index contributed by atoms with van der Waals surface area (Å²) in [5.74, 6) is -0.108. The van der Waals surface area contributed by atoms with Crippen LogP contribution in [0.15, 0.2) is 24.3 Å². The van der Waals surface area contributed by atoms with Gasteiger partial charge in [0.05, 0.1) is 13.2 Å². The molecule has 0 aromatic heterocycles. The molecule has 5 heteroatoms. The van der Waals surface area contributed by atoms with Gasteiger partial charge in [0.25, 0.3) is 0 Å². The second kappa shape index (κ2) is 9.37. The van der Waals surface area contributed by atoms with Gasteiger partial charge in [-0.05, 0) is 74.6 Å². The number of rotatable bonds is 8. The van der Waals surface area contributed by atoms with E-state index < -0.39 is 0 Å². The summed E-state index contributed by atoms with van der Waals surface area (Å²) in [4.78, 5) is 14.6. The van der Waals surface area contributed by atoms with E-state index in [9.17, 15) is 4.79 Å². The molecule has 0 saturated carbocycles. The number of hydrogen-bond acceptors (Lipinski definition) is 5. The van der Waals surface area contributed by atoms with Gasteiger partial charge in [0.2, 0.25) is 0 Å². The molecule has 30 heavy (non-hydrogen) atoms. The first-order valence-corrected chi connectivity index (χ1v) is 11.9. The lowest BCUT2D eigenvalue weighted by atomic mass is 9.73. The molecule has 166 valence electrons. The second-order valence-electron chi connectivity index (χ2n) is 9.76. The van der Waals surface area contributed by atoms with Crippen LogP contribution in [-0.4, -0.2) is 55.4 Å². The monoisotopic (exact) mass is 414 g/mol. The number of carbonyl (C=O) groups excluding carboxylic acids is 1. The maximum atomic E-state index is 12.1. The molecule has 5 nitrogen and oxygen atoms in total. The highest BCUT2D eigenvalue weighted by Crippen LogP contribution is 2.46. The maximum absolute atomic E-state index is 12.1. The predicted molar refractivity (Wildman–Crippen MR) is 118 cm³/mol. The standard InChI is InChI=1S/C25H38N2O3/c1-2-25(26,11-5-8-23(28)30-21-10-17-29-18-21)19-27-15-13-24(14-16-27)12-9-20-6-3-4-7-22(20)24/h3-4,6-7,21H,2,5,8-19,26H2,1H3/t21?,25-/m0/s1. The lowest BCUT2D eigenvalue weighted by molar-refractivity contribution is -0.149. The Labute approximate surface area is 181 Å². The lowest BCUT2D eigenvalue weighted by Crippen LogP contribution is -2.53. The van der Waals surface area contributed by atoms with E-state index in [2.05, 4.69) is 36.1 Å². The van der Waals surface area contributed by atoms with Gasteiger partial charge < -0.3 is 20.1 Å². The third kappa shape index (κ3) is 4.90. The molecule has 3 aliphatic rings. The summed E-state index contributed by atoms with van der Waals surface area (Å²) in [7, 11) is 0. The first-order valence-electron chi connectivity index (χ1n) is 11.9. The Kier molecular flexibility index (Phi) is 6.81. The molecule has 2 N–H and O–H groups in total. The van der Waals surface area contributed by atoms with Crippen molar-refractivity contribution in [3.8, 4) is 0 Å². The normalized spacial score (nSPS) is 25.2. The molecular weight excluding hydrogens is 376 g/mol. The Balaban J connectivity index is 1.23. The molecule has 4 rings (SSSR count). The number of nitrogens with zero attached hydrogens (tertiary/aromatic N) is 1. The Morgan fingerprint density at radius 1 is 1.30 bits per heavy atom. The van der Waals surface area contributed by atoms with Crippen molar-refractivity contribution in [2.24, 2.45) is 5.73 Å². The Morgan fingerprint density at radius 2 is 2.10 bits per heavy atom. The third-order valence-electron chi connectivity index (χ3n) is 7.76. The number of fused-ring (bicyclic) bond motifs is 2. The zero-order valence-electron chi connectivity index (χ0n) is 18.5. The number of likely N-dealkylation sites (tertiary alicyclic amines) is 1. The summed E-state index contributed by atoms with van der Waals surface area (Å²) < 4.78 is 10.7. The Hall–Kier alpha value is -1.43. The topological polar surface area (TPSA) is 64.8 Å². The summed E-state index contributed by atoms with van der Waals surface area (Å²) in [5, 5.41) is 0. The van der Waals surface area contributed by atoms with Crippen LogP contribution in [0.4, 0.5) is 0 Å². The summed E-state index contributed by atoms with van der Waals surface area (Å²) in [6, 6.07) is 9.04. The van der Waals surface area contributed by atoms with Gasteiger partial charge in [-0.1, -0.05) is 31.2 Å². The summed E-state index contributed by atoms with van der Waals surface area (Å²) in [6.07, 6.45) is 8.82. The van der Waals surface area contributed by atoms with Crippen LogP contribution in [-0.2, 0) is 26.1 Å². The minimum Gasteiger partial charge on any atom is -0.460 e. The first-order chi connectivity index (χ1) is 14.5. The van der Waals surface area contributed by atoms with Crippen molar-refractivity contribution in [1.82, 2.24) is 4.90 Å². The molecule has 1 aromatic rings. The molecule has 0 radical (unpaired) electrons. The average molecular weight is 415 g/mol. The summed E-state index contributed by atoms with van der Waals surface area (Å²) in [5.41, 5.74) is 10.1. The van der Waals surface area contributed by atoms with Gasteiger partial charge in [-0.3, -0.25) is 4.79 Å². The van der Waals surface area contributed by atoms with Crippen molar-refractivity contribution in [2.45, 2.75) is 81.8 Å². The van der Waals surface area contributed by atoms with Gasteiger partial charge in [-0.25, -0.2) is 0 Å². The SMILES string of the molecule is CC[C@](N)(CCCC(=O)OC1CCOC1)CN1CCC2(CCc3ccccc32)CC1. The van der Waals surface area contributed by atoms with E-state index in [0.717, 1.165) is 45.3 Å². The molecule has 0 bridgehead atoms. The van der Waals surface area contributed by atoms with Gasteiger partial charge in [-0.2, -0.15) is 0 Å². The van der Waals surface area contributed by atoms with Crippen molar-refractivity contribution in [3.05, 3.63) is 35.4 Å². The van der Waals surface area contributed by atoms with Gasteiger partial charge >= 0.3 is 5.97 Å². The van der Waals surface area contributed by atoms with Crippen LogP contribution in [0.2, 0.25) is 0 Å². The smallest absolute Gasteiger partial charge is 0.306 e. The zero-order chi connectivity index (χ0) is 21.0. The summed E-state index contributed by atoms with van der Waals surface area (Å²) >= 11 is 0. The van der Waals surface area contributed by atoms with Crippen LogP contribution in [0.5, 0.6) is 0 Å². The number of carbonyl (C=O) groups is 1. The Morgan fingerprint density at radius 3 is 2.83 bits per heavy atom. The number of piperidine rings is 1. The van der Waals surface area contributed by atoms with E-state index in [0.29, 0.717) is 25.0 Å². The number of benzene rings is 1. The molecule has 1 spiro atoms. The van der Waals surface area contributed by atoms with Crippen LogP contribution in [0.25, 0.3) is 0 Å². The van der Waals surface area contributed by atoms with E-state index in [1.807, 2.05) is 0 Å². The second-order valence-corrected chi connectivity index (χ2v) is 9.76. The van der Waals surface area contributed by atoms with Gasteiger partial charge in [-0.15, -0.1) is 0 Å². The molecule has 0 amide bonds. The number of ether oxygens (including phenoxy) is 2. The quantitative estimate of drug-likeness (QED) is 0.659. The zero-order valence-corrected chi connectivity index (χ0v) is 18.5. The highest BCUT2D eigenvalue weighted by atomic mass is 16.6. The minimum absolute atomic E-state index is 0.0484. The van der Waals surface area contributed by atoms with Crippen molar-refractivity contribution in [1.29, 1.82) is 0 Å². The van der Waals surface area contributed by atoms with Crippen LogP contribution < -0.4 is 5.73 Å². The van der Waals surface area contributed by atoms with Crippen molar-refractivity contribution in [3.63, 3.8) is 0 Å². The van der Waals surface area contributed by atoms with Crippen LogP contribution in [0, 0.1) is 0 Å². The van der Waals surface area contributed by atoms with Gasteiger partial charge in [0, 0.05) is 24.9 Å². The molecule has 1 unspecified atom stereocenters. The number of aryl methyl sites for hydroxylation is 1. The molecule has 2 atom stereocenters. The third-order valence-corrected chi connectivity index (χ3v) is 7.76. The van der Waals surface area contributed by atoms with Crippen molar-refractivity contribution < 1.29 is 14.3 Å². The van der Waals surface area contributed by atoms with Gasteiger partial charge in [0.15, 0.2) is 0 Å². The lowest BCUT2D eigenvalue weighted by Gasteiger charge is -2.43. The molecule has 1 aliphatic carbocycles. The van der Waals surface area contributed by atoms with Crippen LogP contribution in [0.1, 0.15) is 69.4 Å². The number of esters is 1. The van der Waals surface area contributed by atoms with E-state index in [1.165, 1.54) is 25.7 Å². The average Bonchev–Trinajstić information content (AvgIpc) is 3.39. The molecule has 2 aliphatic heterocycles. The van der Waals surface area contributed by atoms with Gasteiger partial charge in [0.1, 0.15) is 6.10 Å².